The van der Waals surface area contributed by atoms with Crippen LogP contribution in [0.2, 0.25) is 0 Å². The molecule has 0 atom stereocenters. The summed E-state index contributed by atoms with van der Waals surface area (Å²) in [7, 11) is 0. The van der Waals surface area contributed by atoms with Crippen LogP contribution in [-0.4, -0.2) is 13.7 Å². The maximum atomic E-state index is 4.23. The van der Waals surface area contributed by atoms with E-state index in [9.17, 15) is 0 Å². The van der Waals surface area contributed by atoms with Crippen molar-refractivity contribution in [2.75, 3.05) is 16.0 Å². The Balaban J connectivity index is 0.993. The molecule has 16 aromatic rings. The highest BCUT2D eigenvalue weighted by Crippen LogP contribution is 2.56. The second kappa shape index (κ2) is 20.3. The Morgan fingerprint density at radius 2 is 0.417 bits per heavy atom. The highest BCUT2D eigenvalue weighted by Gasteiger charge is 2.29. The first-order valence-electron chi connectivity index (χ1n) is 28.7. The van der Waals surface area contributed by atoms with Crippen molar-refractivity contribution in [3.05, 3.63) is 309 Å². The number of rotatable bonds is 12. The van der Waals surface area contributed by atoms with Crippen molar-refractivity contribution >= 4 is 99.5 Å². The molecule has 6 nitrogen and oxygen atoms in total. The van der Waals surface area contributed by atoms with E-state index in [1.165, 1.54) is 16.2 Å². The lowest BCUT2D eigenvalue weighted by Crippen LogP contribution is -2.08. The molecule has 396 valence electrons. The van der Waals surface area contributed by atoms with E-state index in [-0.39, 0.29) is 0 Å². The van der Waals surface area contributed by atoms with Gasteiger partial charge in [-0.2, -0.15) is 0 Å². The minimum Gasteiger partial charge on any atom is -0.354 e. The molecule has 0 saturated carbocycles. The van der Waals surface area contributed by atoms with Gasteiger partial charge < -0.3 is 29.7 Å². The molecule has 0 radical (unpaired) electrons. The molecule has 84 heavy (non-hydrogen) atoms. The van der Waals surface area contributed by atoms with Crippen LogP contribution in [0.5, 0.6) is 0 Å². The summed E-state index contributed by atoms with van der Waals surface area (Å²) in [4.78, 5) is 0. The highest BCUT2D eigenvalue weighted by molar-refractivity contribution is 6.17. The fraction of sp³-hybridized carbons (Fsp3) is 0. The predicted octanol–water partition coefficient (Wildman–Crippen LogP) is 21.2. The second-order valence-corrected chi connectivity index (χ2v) is 21.5. The zero-order chi connectivity index (χ0) is 55.5. The molecule has 0 aliphatic rings. The van der Waals surface area contributed by atoms with Gasteiger partial charge in [-0.25, -0.2) is 0 Å². The Morgan fingerprint density at radius 3 is 0.690 bits per heavy atom. The molecule has 3 N–H and O–H groups in total. The van der Waals surface area contributed by atoms with E-state index in [1.807, 2.05) is 0 Å². The van der Waals surface area contributed by atoms with Gasteiger partial charge in [0.25, 0.3) is 0 Å². The number of fused-ring (bicyclic) bond motifs is 9. The van der Waals surface area contributed by atoms with E-state index >= 15 is 0 Å². The maximum Gasteiger partial charge on any atom is 0.0586 e. The van der Waals surface area contributed by atoms with Gasteiger partial charge in [0.2, 0.25) is 0 Å². The topological polar surface area (TPSA) is 50.9 Å². The summed E-state index contributed by atoms with van der Waals surface area (Å²) in [6.45, 7) is 0. The van der Waals surface area contributed by atoms with Crippen molar-refractivity contribution in [2.24, 2.45) is 0 Å². The van der Waals surface area contributed by atoms with Crippen molar-refractivity contribution in [1.82, 2.24) is 13.7 Å². The van der Waals surface area contributed by atoms with E-state index in [0.717, 1.165) is 134 Å². The third-order valence-electron chi connectivity index (χ3n) is 16.6. The average Bonchev–Trinajstić information content (AvgIpc) is 1.49. The van der Waals surface area contributed by atoms with Gasteiger partial charge >= 0.3 is 0 Å². The van der Waals surface area contributed by atoms with Crippen molar-refractivity contribution in [3.8, 4) is 50.4 Å². The van der Waals surface area contributed by atoms with Crippen LogP contribution in [0.3, 0.4) is 0 Å². The lowest BCUT2D eigenvalue weighted by Gasteiger charge is -2.29. The number of hydrogen-bond donors (Lipinski definition) is 3. The van der Waals surface area contributed by atoms with Gasteiger partial charge in [0.1, 0.15) is 0 Å². The maximum absolute atomic E-state index is 4.23. The molecule has 0 aliphatic heterocycles. The number of benzene rings is 13. The molecule has 13 aromatic carbocycles. The van der Waals surface area contributed by atoms with Crippen molar-refractivity contribution in [1.29, 1.82) is 0 Å². The van der Waals surface area contributed by atoms with Gasteiger partial charge in [-0.3, -0.25) is 0 Å². The Hall–Kier alpha value is -11.3. The summed E-state index contributed by atoms with van der Waals surface area (Å²) < 4.78 is 7.13. The van der Waals surface area contributed by atoms with Crippen LogP contribution in [0.25, 0.3) is 116 Å². The summed E-state index contributed by atoms with van der Waals surface area (Å²) in [6.07, 6.45) is 0. The third-order valence-corrected chi connectivity index (χ3v) is 16.6. The number of aromatic nitrogens is 3. The van der Waals surface area contributed by atoms with Crippen LogP contribution < -0.4 is 16.0 Å². The van der Waals surface area contributed by atoms with Crippen molar-refractivity contribution in [3.63, 3.8) is 0 Å². The molecular formula is C78H54N6. The van der Waals surface area contributed by atoms with Crippen LogP contribution in [0, 0.1) is 0 Å². The van der Waals surface area contributed by atoms with Gasteiger partial charge in [0, 0.05) is 83.1 Å². The van der Waals surface area contributed by atoms with Gasteiger partial charge in [0.05, 0.1) is 50.2 Å². The third kappa shape index (κ3) is 8.19. The van der Waals surface area contributed by atoms with Gasteiger partial charge in [-0.15, -0.1) is 0 Å². The SMILES string of the molecule is c1ccc(-c2c(Nc3ccc4c(c3)c3ccccc3n4-c3ccccc3)c(-c3ccccc3)c(Nc3ccc4c(c3)c3ccccc3n4-c3ccccc3)c(-c3ccccc3)c2Nc2ccc3c(c2)c2ccccc2n3-c2ccccc2)cc1. The minimum atomic E-state index is 0.951. The summed E-state index contributed by atoms with van der Waals surface area (Å²) in [5.74, 6) is 0. The molecule has 3 aromatic heterocycles. The van der Waals surface area contributed by atoms with Gasteiger partial charge in [0.15, 0.2) is 0 Å². The van der Waals surface area contributed by atoms with Crippen LogP contribution in [0.4, 0.5) is 34.1 Å². The number of hydrogen-bond acceptors (Lipinski definition) is 3. The fourth-order valence-corrected chi connectivity index (χ4v) is 13.0. The monoisotopic (exact) mass is 1070 g/mol. The Bertz CT molecular complexity index is 4590. The molecule has 0 fully saturated rings. The molecule has 6 heteroatoms. The minimum absolute atomic E-state index is 0.951. The van der Waals surface area contributed by atoms with Gasteiger partial charge in [-0.05, 0) is 126 Å². The summed E-state index contributed by atoms with van der Waals surface area (Å²) in [5, 5.41) is 19.7. The normalized spacial score (nSPS) is 11.6. The van der Waals surface area contributed by atoms with Crippen LogP contribution >= 0.6 is 0 Å². The quantitative estimate of drug-likeness (QED) is 0.114. The van der Waals surface area contributed by atoms with E-state index < -0.39 is 0 Å². The number of nitrogens with zero attached hydrogens (tertiary/aromatic N) is 3. The smallest absolute Gasteiger partial charge is 0.0586 e. The molecule has 3 heterocycles. The number of nitrogens with one attached hydrogen (secondary N) is 3. The van der Waals surface area contributed by atoms with Gasteiger partial charge in [-0.1, -0.05) is 200 Å². The molecular weight excluding hydrogens is 1020 g/mol. The predicted molar refractivity (Wildman–Crippen MR) is 355 cm³/mol. The summed E-state index contributed by atoms with van der Waals surface area (Å²) in [6, 6.07) is 111. The standard InChI is InChI=1S/C78H54N6/c1-7-25-52(26-8-1)73-76(79-55-43-46-70-64(49-55)61-37-19-22-40-67(61)82(70)58-31-13-4-14-32-58)74(53-27-9-2-10-28-53)78(81-57-45-48-72-66(51-57)63-39-21-24-42-69(63)84(72)60-35-17-6-18-36-60)75(54-29-11-3-12-30-54)77(73)80-56-44-47-71-65(50-56)62-38-20-23-41-68(62)83(71)59-33-15-5-16-34-59/h1-51,79-81H. The molecule has 0 aliphatic carbocycles. The number of anilines is 6. The molecule has 0 saturated heterocycles. The van der Waals surface area contributed by atoms with E-state index in [0.29, 0.717) is 0 Å². The van der Waals surface area contributed by atoms with Crippen LogP contribution in [0.15, 0.2) is 309 Å². The lowest BCUT2D eigenvalue weighted by atomic mass is 9.86. The van der Waals surface area contributed by atoms with Crippen LogP contribution in [-0.2, 0) is 0 Å². The molecule has 16 rings (SSSR count). The zero-order valence-electron chi connectivity index (χ0n) is 45.8. The Labute approximate surface area is 486 Å². The van der Waals surface area contributed by atoms with E-state index in [4.69, 9.17) is 0 Å². The molecule has 0 unspecified atom stereocenters. The first kappa shape index (κ1) is 48.6. The lowest BCUT2D eigenvalue weighted by molar-refractivity contribution is 1.18. The summed E-state index contributed by atoms with van der Waals surface area (Å²) >= 11 is 0. The Kier molecular flexibility index (Phi) is 11.8. The summed E-state index contributed by atoms with van der Waals surface area (Å²) in [5.41, 5.74) is 22.2. The van der Waals surface area contributed by atoms with Crippen molar-refractivity contribution < 1.29 is 0 Å². The fourth-order valence-electron chi connectivity index (χ4n) is 13.0. The number of para-hydroxylation sites is 6. The van der Waals surface area contributed by atoms with Crippen LogP contribution in [0.1, 0.15) is 0 Å². The Morgan fingerprint density at radius 1 is 0.190 bits per heavy atom. The highest BCUT2D eigenvalue weighted by atomic mass is 15.0. The molecule has 0 bridgehead atoms. The first-order valence-corrected chi connectivity index (χ1v) is 28.7. The van der Waals surface area contributed by atoms with Crippen molar-refractivity contribution in [2.45, 2.75) is 0 Å². The average molecular weight is 1080 g/mol. The molecule has 0 spiro atoms. The largest absolute Gasteiger partial charge is 0.354 e. The first-order chi connectivity index (χ1) is 41.7. The molecule has 0 amide bonds. The second-order valence-electron chi connectivity index (χ2n) is 21.5. The van der Waals surface area contributed by atoms with E-state index in [2.05, 4.69) is 339 Å². The zero-order valence-corrected chi connectivity index (χ0v) is 45.8. The van der Waals surface area contributed by atoms with E-state index in [1.54, 1.807) is 0 Å².